The van der Waals surface area contributed by atoms with Crippen LogP contribution in [-0.4, -0.2) is 64.2 Å². The van der Waals surface area contributed by atoms with Crippen molar-refractivity contribution in [2.75, 3.05) is 28.2 Å². The third-order valence-electron chi connectivity index (χ3n) is 3.87. The predicted octanol–water partition coefficient (Wildman–Crippen LogP) is 0.186. The van der Waals surface area contributed by atoms with Gasteiger partial charge in [0.15, 0.2) is 0 Å². The van der Waals surface area contributed by atoms with Gasteiger partial charge in [0, 0.05) is 40.5 Å². The summed E-state index contributed by atoms with van der Waals surface area (Å²) in [6.45, 7) is -0.157. The highest BCUT2D eigenvalue weighted by atomic mass is 16.2. The number of urea groups is 2. The number of hydrazine groups is 1. The van der Waals surface area contributed by atoms with Crippen molar-refractivity contribution in [1.82, 2.24) is 29.4 Å². The summed E-state index contributed by atoms with van der Waals surface area (Å²) in [6.07, 6.45) is 1.30. The van der Waals surface area contributed by atoms with Crippen LogP contribution >= 0.6 is 0 Å². The van der Waals surface area contributed by atoms with Crippen molar-refractivity contribution < 1.29 is 9.59 Å². The summed E-state index contributed by atoms with van der Waals surface area (Å²) < 4.78 is 2.25. The molecule has 0 aliphatic carbocycles. The van der Waals surface area contributed by atoms with Crippen LogP contribution in [0.4, 0.5) is 9.59 Å². The van der Waals surface area contributed by atoms with E-state index in [0.29, 0.717) is 0 Å². The molecule has 2 aromatic rings. The lowest BCUT2D eigenvalue weighted by Gasteiger charge is -2.28. The molecule has 1 aromatic heterocycles. The Morgan fingerprint density at radius 2 is 1.61 bits per heavy atom. The van der Waals surface area contributed by atoms with Gasteiger partial charge in [-0.25, -0.2) is 24.8 Å². The first-order valence-electron chi connectivity index (χ1n) is 8.51. The van der Waals surface area contributed by atoms with Gasteiger partial charge in [0.2, 0.25) is 0 Å². The van der Waals surface area contributed by atoms with E-state index in [0.717, 1.165) is 15.1 Å². The van der Waals surface area contributed by atoms with Gasteiger partial charge in [0.1, 0.15) is 6.67 Å². The highest BCUT2D eigenvalue weighted by Crippen LogP contribution is 2.00. The van der Waals surface area contributed by atoms with Crippen molar-refractivity contribution in [1.29, 1.82) is 0 Å². The molecule has 0 spiro atoms. The van der Waals surface area contributed by atoms with Gasteiger partial charge in [-0.05, 0) is 5.56 Å². The molecule has 4 amide bonds. The molecule has 10 heteroatoms. The summed E-state index contributed by atoms with van der Waals surface area (Å²) in [5.74, 6) is 0. The van der Waals surface area contributed by atoms with Gasteiger partial charge in [0.05, 0.1) is 6.54 Å². The molecule has 0 fully saturated rings. The molecule has 0 saturated carbocycles. The third kappa shape index (κ3) is 5.00. The first kappa shape index (κ1) is 20.7. The number of carbonyl (C=O) groups excluding carboxylic acids is 2. The maximum absolute atomic E-state index is 12.8. The number of hydrogen-bond donors (Lipinski definition) is 1. The van der Waals surface area contributed by atoms with Crippen LogP contribution in [0.15, 0.2) is 52.2 Å². The average Bonchev–Trinajstić information content (AvgIpc) is 2.66. The van der Waals surface area contributed by atoms with E-state index in [1.807, 2.05) is 30.3 Å². The molecule has 150 valence electrons. The number of nitrogens with one attached hydrogen (secondary N) is 1. The van der Waals surface area contributed by atoms with Gasteiger partial charge in [0.25, 0.3) is 5.56 Å². The number of amides is 4. The second kappa shape index (κ2) is 8.89. The lowest BCUT2D eigenvalue weighted by Crippen LogP contribution is -2.55. The van der Waals surface area contributed by atoms with Crippen LogP contribution in [0.5, 0.6) is 0 Å². The molecule has 0 aliphatic rings. The summed E-state index contributed by atoms with van der Waals surface area (Å²) in [7, 11) is 6.10. The fourth-order valence-corrected chi connectivity index (χ4v) is 2.33. The Kier molecular flexibility index (Phi) is 6.59. The number of nitrogens with zero attached hydrogens (tertiary/aromatic N) is 5. The van der Waals surface area contributed by atoms with E-state index < -0.39 is 23.3 Å². The van der Waals surface area contributed by atoms with Crippen molar-refractivity contribution in [3.63, 3.8) is 0 Å². The fourth-order valence-electron chi connectivity index (χ4n) is 2.33. The molecule has 0 saturated heterocycles. The molecular formula is C18H24N6O4. The minimum atomic E-state index is -0.591. The Morgan fingerprint density at radius 3 is 2.18 bits per heavy atom. The number of aromatic nitrogens is 2. The standard InChI is InChI=1S/C18H24N6O4/c1-20(2)16(26)19-24(17(27)21(3)4)13-22-11-10-15(25)23(18(22)28)12-14-8-6-5-7-9-14/h5-11H,12-13H2,1-4H3,(H,19,26). The van der Waals surface area contributed by atoms with Crippen molar-refractivity contribution in [3.05, 3.63) is 69.0 Å². The molecule has 0 unspecified atom stereocenters. The minimum Gasteiger partial charge on any atom is -0.330 e. The molecule has 2 rings (SSSR count). The van der Waals surface area contributed by atoms with Crippen LogP contribution in [0.1, 0.15) is 5.56 Å². The van der Waals surface area contributed by atoms with Crippen LogP contribution in [0.3, 0.4) is 0 Å². The summed E-state index contributed by atoms with van der Waals surface area (Å²) in [4.78, 5) is 51.9. The molecular weight excluding hydrogens is 364 g/mol. The maximum atomic E-state index is 12.8. The smallest absolute Gasteiger partial charge is 0.330 e. The molecule has 0 atom stereocenters. The number of benzene rings is 1. The van der Waals surface area contributed by atoms with Crippen molar-refractivity contribution in [2.45, 2.75) is 13.2 Å². The first-order valence-corrected chi connectivity index (χ1v) is 8.51. The third-order valence-corrected chi connectivity index (χ3v) is 3.87. The lowest BCUT2D eigenvalue weighted by atomic mass is 10.2. The molecule has 0 radical (unpaired) electrons. The van der Waals surface area contributed by atoms with Crippen LogP contribution in [0, 0.1) is 0 Å². The van der Waals surface area contributed by atoms with Crippen molar-refractivity contribution in [3.8, 4) is 0 Å². The molecule has 1 aromatic carbocycles. The number of rotatable bonds is 4. The predicted molar refractivity (Wildman–Crippen MR) is 104 cm³/mol. The zero-order valence-corrected chi connectivity index (χ0v) is 16.3. The molecule has 10 nitrogen and oxygen atoms in total. The van der Waals surface area contributed by atoms with Crippen LogP contribution in [-0.2, 0) is 13.2 Å². The summed E-state index contributed by atoms with van der Waals surface area (Å²) in [5, 5.41) is 1.00. The molecule has 0 bridgehead atoms. The van der Waals surface area contributed by atoms with E-state index in [1.54, 1.807) is 0 Å². The van der Waals surface area contributed by atoms with E-state index in [4.69, 9.17) is 0 Å². The fraction of sp³-hybridized carbons (Fsp3) is 0.333. The highest BCUT2D eigenvalue weighted by molar-refractivity contribution is 5.79. The topological polar surface area (TPSA) is 99.9 Å². The summed E-state index contributed by atoms with van der Waals surface area (Å²) >= 11 is 0. The lowest BCUT2D eigenvalue weighted by molar-refractivity contribution is 0.119. The normalized spacial score (nSPS) is 10.3. The van der Waals surface area contributed by atoms with Gasteiger partial charge in [-0.15, -0.1) is 0 Å². The Labute approximate surface area is 162 Å². The summed E-state index contributed by atoms with van der Waals surface area (Å²) in [5.41, 5.74) is 2.19. The molecule has 1 N–H and O–H groups in total. The second-order valence-electron chi connectivity index (χ2n) is 6.54. The van der Waals surface area contributed by atoms with Gasteiger partial charge < -0.3 is 9.80 Å². The Bertz CT molecular complexity index is 949. The van der Waals surface area contributed by atoms with E-state index in [2.05, 4.69) is 5.43 Å². The van der Waals surface area contributed by atoms with E-state index in [1.165, 1.54) is 54.8 Å². The zero-order valence-electron chi connectivity index (χ0n) is 16.3. The minimum absolute atomic E-state index is 0.102. The Balaban J connectivity index is 2.35. The van der Waals surface area contributed by atoms with Crippen molar-refractivity contribution >= 4 is 12.1 Å². The van der Waals surface area contributed by atoms with E-state index >= 15 is 0 Å². The largest absolute Gasteiger partial charge is 0.339 e. The van der Waals surface area contributed by atoms with Crippen LogP contribution in [0.25, 0.3) is 0 Å². The second-order valence-corrected chi connectivity index (χ2v) is 6.54. The molecule has 28 heavy (non-hydrogen) atoms. The van der Waals surface area contributed by atoms with Crippen LogP contribution in [0.2, 0.25) is 0 Å². The van der Waals surface area contributed by atoms with Gasteiger partial charge in [-0.1, -0.05) is 30.3 Å². The Hall–Kier alpha value is -3.56. The molecule has 1 heterocycles. The van der Waals surface area contributed by atoms with E-state index in [-0.39, 0.29) is 13.2 Å². The quantitative estimate of drug-likeness (QED) is 0.756. The monoisotopic (exact) mass is 388 g/mol. The SMILES string of the molecule is CN(C)C(=O)NN(Cn1ccc(=O)n(Cc2ccccc2)c1=O)C(=O)N(C)C. The average molecular weight is 388 g/mol. The zero-order chi connectivity index (χ0) is 20.8. The maximum Gasteiger partial charge on any atom is 0.339 e. The molecule has 0 aliphatic heterocycles. The summed E-state index contributed by atoms with van der Waals surface area (Å²) in [6, 6.07) is 9.28. The number of carbonyl (C=O) groups is 2. The van der Waals surface area contributed by atoms with Crippen LogP contribution < -0.4 is 16.7 Å². The Morgan fingerprint density at radius 1 is 0.964 bits per heavy atom. The number of hydrogen-bond acceptors (Lipinski definition) is 4. The van der Waals surface area contributed by atoms with E-state index in [9.17, 15) is 19.2 Å². The first-order chi connectivity index (χ1) is 13.2. The highest BCUT2D eigenvalue weighted by Gasteiger charge is 2.20. The van der Waals surface area contributed by atoms with Gasteiger partial charge in [-0.2, -0.15) is 0 Å². The van der Waals surface area contributed by atoms with Gasteiger partial charge in [-0.3, -0.25) is 13.9 Å². The van der Waals surface area contributed by atoms with Gasteiger partial charge >= 0.3 is 17.8 Å². The van der Waals surface area contributed by atoms with Crippen molar-refractivity contribution in [2.24, 2.45) is 0 Å².